The van der Waals surface area contributed by atoms with Crippen molar-refractivity contribution in [3.05, 3.63) is 0 Å². The summed E-state index contributed by atoms with van der Waals surface area (Å²) in [5.74, 6) is 1.99. The molecule has 0 saturated heterocycles. The molecule has 1 nitrogen and oxygen atoms in total. The Hall–Kier alpha value is -0.0400. The van der Waals surface area contributed by atoms with E-state index >= 15 is 0 Å². The van der Waals surface area contributed by atoms with Gasteiger partial charge in [-0.2, -0.15) is 0 Å². The van der Waals surface area contributed by atoms with E-state index in [1.54, 1.807) is 0 Å². The maximum atomic E-state index is 3.73. The Labute approximate surface area is 109 Å². The molecule has 0 aliphatic heterocycles. The van der Waals surface area contributed by atoms with Gasteiger partial charge in [0, 0.05) is 6.04 Å². The molecule has 0 aromatic carbocycles. The normalized spacial score (nSPS) is 27.7. The summed E-state index contributed by atoms with van der Waals surface area (Å²) >= 11 is 0. The third-order valence-electron chi connectivity index (χ3n) is 4.46. The molecule has 1 heteroatoms. The number of nitrogens with one attached hydrogen (secondary N) is 1. The highest BCUT2D eigenvalue weighted by Crippen LogP contribution is 2.32. The van der Waals surface area contributed by atoms with Crippen LogP contribution >= 0.6 is 0 Å². The van der Waals surface area contributed by atoms with Crippen molar-refractivity contribution in [1.82, 2.24) is 5.32 Å². The second kappa shape index (κ2) is 8.97. The molecule has 3 atom stereocenters. The molecule has 1 rings (SSSR count). The van der Waals surface area contributed by atoms with Crippen LogP contribution in [-0.2, 0) is 0 Å². The molecular formula is C16H33N. The number of hydrogen-bond acceptors (Lipinski definition) is 1. The van der Waals surface area contributed by atoms with Gasteiger partial charge in [-0.1, -0.05) is 59.3 Å². The molecule has 102 valence electrons. The molecule has 0 heterocycles. The van der Waals surface area contributed by atoms with Crippen molar-refractivity contribution in [3.8, 4) is 0 Å². The van der Waals surface area contributed by atoms with E-state index < -0.39 is 0 Å². The van der Waals surface area contributed by atoms with E-state index in [9.17, 15) is 0 Å². The van der Waals surface area contributed by atoms with Gasteiger partial charge in [0.2, 0.25) is 0 Å². The van der Waals surface area contributed by atoms with Crippen molar-refractivity contribution in [3.63, 3.8) is 0 Å². The molecule has 0 radical (unpaired) electrons. The molecule has 3 unspecified atom stereocenters. The molecule has 1 saturated carbocycles. The molecule has 0 aromatic rings. The second-order valence-corrected chi connectivity index (χ2v) is 5.88. The Bertz CT molecular complexity index is 172. The SMILES string of the molecule is CCCC1CCCC(C(CCC)NCC)CC1. The molecule has 0 bridgehead atoms. The average Bonchev–Trinajstić information content (AvgIpc) is 2.55. The smallest absolute Gasteiger partial charge is 0.00951 e. The van der Waals surface area contributed by atoms with Crippen LogP contribution in [-0.4, -0.2) is 12.6 Å². The molecule has 0 amide bonds. The molecule has 1 aliphatic rings. The van der Waals surface area contributed by atoms with Crippen molar-refractivity contribution in [2.45, 2.75) is 84.6 Å². The lowest BCUT2D eigenvalue weighted by atomic mass is 9.88. The summed E-state index contributed by atoms with van der Waals surface area (Å²) in [5.41, 5.74) is 0. The maximum absolute atomic E-state index is 3.73. The van der Waals surface area contributed by atoms with Gasteiger partial charge in [-0.05, 0) is 37.6 Å². The van der Waals surface area contributed by atoms with E-state index in [4.69, 9.17) is 0 Å². The van der Waals surface area contributed by atoms with Crippen LogP contribution in [0, 0.1) is 11.8 Å². The van der Waals surface area contributed by atoms with Crippen LogP contribution < -0.4 is 5.32 Å². The van der Waals surface area contributed by atoms with Crippen molar-refractivity contribution < 1.29 is 0 Å². The minimum atomic E-state index is 0.797. The standard InChI is InChI=1S/C16H33N/c1-4-8-14-10-7-11-15(13-12-14)16(9-5-2)17-6-3/h14-17H,4-13H2,1-3H3. The molecule has 1 aliphatic carbocycles. The zero-order valence-corrected chi connectivity index (χ0v) is 12.3. The fourth-order valence-corrected chi connectivity index (χ4v) is 3.58. The van der Waals surface area contributed by atoms with E-state index in [2.05, 4.69) is 26.1 Å². The molecule has 17 heavy (non-hydrogen) atoms. The lowest BCUT2D eigenvalue weighted by Gasteiger charge is -2.26. The van der Waals surface area contributed by atoms with Gasteiger partial charge in [0.15, 0.2) is 0 Å². The summed E-state index contributed by atoms with van der Waals surface area (Å²) in [5, 5.41) is 3.73. The van der Waals surface area contributed by atoms with Gasteiger partial charge in [0.1, 0.15) is 0 Å². The molecule has 0 spiro atoms. The fraction of sp³-hybridized carbons (Fsp3) is 1.00. The van der Waals surface area contributed by atoms with Crippen LogP contribution in [0.5, 0.6) is 0 Å². The Morgan fingerprint density at radius 1 is 1.00 bits per heavy atom. The minimum Gasteiger partial charge on any atom is -0.314 e. The summed E-state index contributed by atoms with van der Waals surface area (Å²) in [6.45, 7) is 8.04. The van der Waals surface area contributed by atoms with Gasteiger partial charge in [-0.25, -0.2) is 0 Å². The lowest BCUT2D eigenvalue weighted by Crippen LogP contribution is -2.35. The average molecular weight is 239 g/mol. The van der Waals surface area contributed by atoms with Gasteiger partial charge >= 0.3 is 0 Å². The van der Waals surface area contributed by atoms with Crippen LogP contribution in [0.2, 0.25) is 0 Å². The Morgan fingerprint density at radius 2 is 1.82 bits per heavy atom. The summed E-state index contributed by atoms with van der Waals surface area (Å²) in [4.78, 5) is 0. The van der Waals surface area contributed by atoms with Crippen LogP contribution in [0.4, 0.5) is 0 Å². The Balaban J connectivity index is 2.41. The zero-order chi connectivity index (χ0) is 12.5. The third-order valence-corrected chi connectivity index (χ3v) is 4.46. The van der Waals surface area contributed by atoms with Crippen molar-refractivity contribution >= 4 is 0 Å². The summed E-state index contributed by atoms with van der Waals surface area (Å²) in [6.07, 6.45) is 12.9. The third kappa shape index (κ3) is 5.42. The van der Waals surface area contributed by atoms with Crippen molar-refractivity contribution in [2.24, 2.45) is 11.8 Å². The Kier molecular flexibility index (Phi) is 7.92. The fourth-order valence-electron chi connectivity index (χ4n) is 3.58. The first-order chi connectivity index (χ1) is 8.31. The van der Waals surface area contributed by atoms with Gasteiger partial charge in [-0.3, -0.25) is 0 Å². The Morgan fingerprint density at radius 3 is 2.47 bits per heavy atom. The van der Waals surface area contributed by atoms with Gasteiger partial charge in [0.25, 0.3) is 0 Å². The first kappa shape index (κ1) is 15.0. The highest BCUT2D eigenvalue weighted by molar-refractivity contribution is 4.80. The molecule has 1 N–H and O–H groups in total. The summed E-state index contributed by atoms with van der Waals surface area (Å²) < 4.78 is 0. The van der Waals surface area contributed by atoms with E-state index in [1.807, 2.05) is 0 Å². The summed E-state index contributed by atoms with van der Waals surface area (Å²) in [6, 6.07) is 0.797. The second-order valence-electron chi connectivity index (χ2n) is 5.88. The van der Waals surface area contributed by atoms with Crippen molar-refractivity contribution in [2.75, 3.05) is 6.54 Å². The van der Waals surface area contributed by atoms with Crippen LogP contribution in [0.15, 0.2) is 0 Å². The van der Waals surface area contributed by atoms with E-state index in [-0.39, 0.29) is 0 Å². The van der Waals surface area contributed by atoms with Gasteiger partial charge in [-0.15, -0.1) is 0 Å². The number of hydrogen-bond donors (Lipinski definition) is 1. The first-order valence-electron chi connectivity index (χ1n) is 8.05. The first-order valence-corrected chi connectivity index (χ1v) is 8.05. The minimum absolute atomic E-state index is 0.797. The quantitative estimate of drug-likeness (QED) is 0.632. The van der Waals surface area contributed by atoms with Gasteiger partial charge in [0.05, 0.1) is 0 Å². The number of rotatable bonds is 7. The highest BCUT2D eigenvalue weighted by Gasteiger charge is 2.24. The lowest BCUT2D eigenvalue weighted by molar-refractivity contribution is 0.301. The predicted molar refractivity (Wildman–Crippen MR) is 77.3 cm³/mol. The highest BCUT2D eigenvalue weighted by atomic mass is 14.9. The van der Waals surface area contributed by atoms with Crippen LogP contribution in [0.25, 0.3) is 0 Å². The zero-order valence-electron chi connectivity index (χ0n) is 12.3. The van der Waals surface area contributed by atoms with Gasteiger partial charge < -0.3 is 5.32 Å². The monoisotopic (exact) mass is 239 g/mol. The summed E-state index contributed by atoms with van der Waals surface area (Å²) in [7, 11) is 0. The largest absolute Gasteiger partial charge is 0.314 e. The predicted octanol–water partition coefficient (Wildman–Crippen LogP) is 4.76. The maximum Gasteiger partial charge on any atom is 0.00951 e. The van der Waals surface area contributed by atoms with Crippen LogP contribution in [0.1, 0.15) is 78.6 Å². The molecule has 1 fully saturated rings. The van der Waals surface area contributed by atoms with E-state index in [1.165, 1.54) is 57.8 Å². The molecular weight excluding hydrogens is 206 g/mol. The van der Waals surface area contributed by atoms with E-state index in [0.29, 0.717) is 0 Å². The van der Waals surface area contributed by atoms with Crippen LogP contribution in [0.3, 0.4) is 0 Å². The molecule has 0 aromatic heterocycles. The van der Waals surface area contributed by atoms with Crippen molar-refractivity contribution in [1.29, 1.82) is 0 Å². The topological polar surface area (TPSA) is 12.0 Å². The van der Waals surface area contributed by atoms with E-state index in [0.717, 1.165) is 24.4 Å².